The topological polar surface area (TPSA) is 82.0 Å². The van der Waals surface area contributed by atoms with Gasteiger partial charge in [-0.3, -0.25) is 20.4 Å². The summed E-state index contributed by atoms with van der Waals surface area (Å²) in [6.45, 7) is 0. The molecule has 6 heteroatoms. The van der Waals surface area contributed by atoms with E-state index in [2.05, 4.69) is 16.9 Å². The number of nitrogens with zero attached hydrogens (tertiary/aromatic N) is 1. The van der Waals surface area contributed by atoms with Crippen LogP contribution >= 0.6 is 11.3 Å². The molecule has 1 fully saturated rings. The number of hydrazine groups is 1. The van der Waals surface area contributed by atoms with E-state index < -0.39 is 11.3 Å². The summed E-state index contributed by atoms with van der Waals surface area (Å²) in [5.74, 6) is -0.758. The van der Waals surface area contributed by atoms with Crippen molar-refractivity contribution in [3.8, 4) is 6.07 Å². The molecule has 2 N–H and O–H groups in total. The van der Waals surface area contributed by atoms with Crippen LogP contribution in [-0.4, -0.2) is 11.8 Å². The van der Waals surface area contributed by atoms with Gasteiger partial charge in [0.2, 0.25) is 0 Å². The van der Waals surface area contributed by atoms with Crippen LogP contribution in [0.15, 0.2) is 17.5 Å². The van der Waals surface area contributed by atoms with Gasteiger partial charge in [0.15, 0.2) is 0 Å². The molecule has 0 aliphatic heterocycles. The molecule has 0 unspecified atom stereocenters. The molecular formula is C13H15N3O2S. The molecule has 2 rings (SSSR count). The molecule has 0 atom stereocenters. The van der Waals surface area contributed by atoms with Gasteiger partial charge in [0.05, 0.1) is 10.9 Å². The van der Waals surface area contributed by atoms with Crippen molar-refractivity contribution < 1.29 is 9.59 Å². The summed E-state index contributed by atoms with van der Waals surface area (Å²) in [6, 6.07) is 5.55. The molecule has 5 nitrogen and oxygen atoms in total. The molecule has 0 saturated heterocycles. The Balaban J connectivity index is 1.93. The van der Waals surface area contributed by atoms with Crippen LogP contribution in [0.5, 0.6) is 0 Å². The molecule has 1 saturated carbocycles. The number of amides is 2. The summed E-state index contributed by atoms with van der Waals surface area (Å²) >= 11 is 1.29. The normalized spacial score (nSPS) is 17.2. The fraction of sp³-hybridized carbons (Fsp3) is 0.462. The number of hydrogen-bond donors (Lipinski definition) is 2. The van der Waals surface area contributed by atoms with Crippen LogP contribution < -0.4 is 10.9 Å². The quantitative estimate of drug-likeness (QED) is 0.811. The molecule has 1 aromatic heterocycles. The lowest BCUT2D eigenvalue weighted by atomic mass is 9.75. The molecule has 0 spiro atoms. The fourth-order valence-corrected chi connectivity index (χ4v) is 2.87. The lowest BCUT2D eigenvalue weighted by Crippen LogP contribution is -2.49. The van der Waals surface area contributed by atoms with Gasteiger partial charge in [-0.25, -0.2) is 0 Å². The van der Waals surface area contributed by atoms with Crippen molar-refractivity contribution in [1.29, 1.82) is 5.26 Å². The summed E-state index contributed by atoms with van der Waals surface area (Å²) in [5.41, 5.74) is 3.75. The standard InChI is InChI=1S/C13H15N3O2S/c14-9-13(6-2-1-3-7-13)12(18)16-15-11(17)10-5-4-8-19-10/h4-5,8H,1-3,6-7H2,(H,15,17)(H,16,18). The highest BCUT2D eigenvalue weighted by Crippen LogP contribution is 2.35. The minimum absolute atomic E-state index is 0.354. The van der Waals surface area contributed by atoms with E-state index in [1.807, 2.05) is 0 Å². The zero-order valence-electron chi connectivity index (χ0n) is 10.4. The minimum atomic E-state index is -0.985. The molecule has 100 valence electrons. The first-order valence-corrected chi connectivity index (χ1v) is 7.11. The van der Waals surface area contributed by atoms with Gasteiger partial charge in [-0.05, 0) is 24.3 Å². The van der Waals surface area contributed by atoms with Crippen LogP contribution in [0.1, 0.15) is 41.8 Å². The highest BCUT2D eigenvalue weighted by atomic mass is 32.1. The van der Waals surface area contributed by atoms with Crippen molar-refractivity contribution >= 4 is 23.2 Å². The molecule has 0 radical (unpaired) electrons. The Morgan fingerprint density at radius 2 is 2.00 bits per heavy atom. The zero-order chi connectivity index (χ0) is 13.7. The van der Waals surface area contributed by atoms with Crippen molar-refractivity contribution in [2.75, 3.05) is 0 Å². The molecule has 2 amide bonds. The van der Waals surface area contributed by atoms with Gasteiger partial charge in [0, 0.05) is 0 Å². The Hall–Kier alpha value is -1.87. The third kappa shape index (κ3) is 2.93. The molecule has 1 aliphatic rings. The van der Waals surface area contributed by atoms with Gasteiger partial charge in [-0.2, -0.15) is 5.26 Å². The third-order valence-electron chi connectivity index (χ3n) is 3.39. The van der Waals surface area contributed by atoms with Crippen molar-refractivity contribution in [2.45, 2.75) is 32.1 Å². The Labute approximate surface area is 115 Å². The third-order valence-corrected chi connectivity index (χ3v) is 4.26. The summed E-state index contributed by atoms with van der Waals surface area (Å²) in [6.07, 6.45) is 3.92. The summed E-state index contributed by atoms with van der Waals surface area (Å²) in [5, 5.41) is 11.0. The van der Waals surface area contributed by atoms with E-state index >= 15 is 0 Å². The lowest BCUT2D eigenvalue weighted by Gasteiger charge is -2.28. The molecule has 1 aliphatic carbocycles. The minimum Gasteiger partial charge on any atom is -0.271 e. The second-order valence-corrected chi connectivity index (χ2v) is 5.59. The summed E-state index contributed by atoms with van der Waals surface area (Å²) in [7, 11) is 0. The maximum atomic E-state index is 12.1. The maximum Gasteiger partial charge on any atom is 0.279 e. The smallest absolute Gasteiger partial charge is 0.271 e. The zero-order valence-corrected chi connectivity index (χ0v) is 11.3. The average Bonchev–Trinajstić information content (AvgIpc) is 2.99. The van der Waals surface area contributed by atoms with Gasteiger partial charge in [-0.1, -0.05) is 25.3 Å². The highest BCUT2D eigenvalue weighted by molar-refractivity contribution is 7.12. The van der Waals surface area contributed by atoms with Crippen LogP contribution in [0.3, 0.4) is 0 Å². The van der Waals surface area contributed by atoms with Gasteiger partial charge >= 0.3 is 0 Å². The van der Waals surface area contributed by atoms with Crippen LogP contribution in [0.4, 0.5) is 0 Å². The number of nitriles is 1. The molecular weight excluding hydrogens is 262 g/mol. The number of thiophene rings is 1. The first kappa shape index (κ1) is 13.6. The predicted molar refractivity (Wildman–Crippen MR) is 71.1 cm³/mol. The summed E-state index contributed by atoms with van der Waals surface area (Å²) < 4.78 is 0. The number of carbonyl (C=O) groups excluding carboxylic acids is 2. The van der Waals surface area contributed by atoms with E-state index in [9.17, 15) is 14.9 Å². The second kappa shape index (κ2) is 5.85. The van der Waals surface area contributed by atoms with Crippen LogP contribution in [0.25, 0.3) is 0 Å². The molecule has 19 heavy (non-hydrogen) atoms. The Kier molecular flexibility index (Phi) is 4.17. The van der Waals surface area contributed by atoms with E-state index in [-0.39, 0.29) is 5.91 Å². The number of nitrogens with one attached hydrogen (secondary N) is 2. The van der Waals surface area contributed by atoms with E-state index in [1.54, 1.807) is 17.5 Å². The Bertz CT molecular complexity index is 498. The van der Waals surface area contributed by atoms with Crippen LogP contribution in [0, 0.1) is 16.7 Å². The molecule has 1 heterocycles. The number of rotatable bonds is 2. The average molecular weight is 277 g/mol. The van der Waals surface area contributed by atoms with Crippen LogP contribution in [-0.2, 0) is 4.79 Å². The van der Waals surface area contributed by atoms with Gasteiger partial charge < -0.3 is 0 Å². The largest absolute Gasteiger partial charge is 0.279 e. The highest BCUT2D eigenvalue weighted by Gasteiger charge is 2.40. The van der Waals surface area contributed by atoms with Gasteiger partial charge in [0.25, 0.3) is 11.8 Å². The van der Waals surface area contributed by atoms with Gasteiger partial charge in [-0.15, -0.1) is 11.3 Å². The number of carbonyl (C=O) groups is 2. The number of hydrogen-bond acceptors (Lipinski definition) is 4. The first-order valence-electron chi connectivity index (χ1n) is 6.23. The van der Waals surface area contributed by atoms with E-state index in [0.29, 0.717) is 17.7 Å². The maximum absolute atomic E-state index is 12.1. The predicted octanol–water partition coefficient (Wildman–Crippen LogP) is 1.98. The van der Waals surface area contributed by atoms with Gasteiger partial charge in [0.1, 0.15) is 5.41 Å². The molecule has 1 aromatic rings. The first-order chi connectivity index (χ1) is 9.18. The van der Waals surface area contributed by atoms with E-state index in [4.69, 9.17) is 0 Å². The van der Waals surface area contributed by atoms with E-state index in [1.165, 1.54) is 11.3 Å². The molecule has 0 aromatic carbocycles. The van der Waals surface area contributed by atoms with Crippen molar-refractivity contribution in [3.63, 3.8) is 0 Å². The van der Waals surface area contributed by atoms with E-state index in [0.717, 1.165) is 19.3 Å². The van der Waals surface area contributed by atoms with Crippen molar-refractivity contribution in [2.24, 2.45) is 5.41 Å². The fourth-order valence-electron chi connectivity index (χ4n) is 2.25. The van der Waals surface area contributed by atoms with Crippen LogP contribution in [0.2, 0.25) is 0 Å². The van der Waals surface area contributed by atoms with Crippen molar-refractivity contribution in [3.05, 3.63) is 22.4 Å². The molecule has 0 bridgehead atoms. The Morgan fingerprint density at radius 3 is 2.58 bits per heavy atom. The summed E-state index contributed by atoms with van der Waals surface area (Å²) in [4.78, 5) is 24.3. The monoisotopic (exact) mass is 277 g/mol. The second-order valence-electron chi connectivity index (χ2n) is 4.64. The SMILES string of the molecule is N#CC1(C(=O)NNC(=O)c2cccs2)CCCCC1. The Morgan fingerprint density at radius 1 is 1.26 bits per heavy atom. The lowest BCUT2D eigenvalue weighted by molar-refractivity contribution is -0.130. The van der Waals surface area contributed by atoms with Crippen molar-refractivity contribution in [1.82, 2.24) is 10.9 Å².